The van der Waals surface area contributed by atoms with Crippen molar-refractivity contribution < 1.29 is 14.4 Å². The van der Waals surface area contributed by atoms with Crippen LogP contribution in [0.3, 0.4) is 0 Å². The van der Waals surface area contributed by atoms with Crippen LogP contribution in [0.1, 0.15) is 42.5 Å². The van der Waals surface area contributed by atoms with Crippen LogP contribution in [0.2, 0.25) is 0 Å². The Bertz CT molecular complexity index is 981. The van der Waals surface area contributed by atoms with E-state index in [1.54, 1.807) is 41.3 Å². The summed E-state index contributed by atoms with van der Waals surface area (Å²) in [6, 6.07) is 14.2. The fourth-order valence-electron chi connectivity index (χ4n) is 3.91. The van der Waals surface area contributed by atoms with E-state index in [0.717, 1.165) is 24.9 Å². The van der Waals surface area contributed by atoms with E-state index in [1.165, 1.54) is 0 Å². The lowest BCUT2D eigenvalue weighted by molar-refractivity contribution is -0.117. The first-order valence-corrected chi connectivity index (χ1v) is 10.4. The minimum Gasteiger partial charge on any atom is -0.324 e. The summed E-state index contributed by atoms with van der Waals surface area (Å²) in [5, 5.41) is 5.79. The van der Waals surface area contributed by atoms with Crippen molar-refractivity contribution in [3.63, 3.8) is 0 Å². The van der Waals surface area contributed by atoms with Gasteiger partial charge in [-0.2, -0.15) is 0 Å². The van der Waals surface area contributed by atoms with Gasteiger partial charge in [0.15, 0.2) is 0 Å². The summed E-state index contributed by atoms with van der Waals surface area (Å²) in [6.45, 7) is 0.716. The van der Waals surface area contributed by atoms with Crippen LogP contribution in [0.25, 0.3) is 0 Å². The molecule has 2 N–H and O–H groups in total. The number of hydrogen-bond acceptors (Lipinski definition) is 3. The molecule has 2 aromatic rings. The minimum absolute atomic E-state index is 0.0621. The molecule has 1 fully saturated rings. The molecule has 6 nitrogen and oxygen atoms in total. The van der Waals surface area contributed by atoms with Crippen molar-refractivity contribution in [1.29, 1.82) is 0 Å². The molecule has 3 amide bonds. The van der Waals surface area contributed by atoms with Gasteiger partial charge in [-0.25, -0.2) is 0 Å². The number of nitrogens with zero attached hydrogens (tertiary/aromatic N) is 1. The molecule has 1 aliphatic heterocycles. The highest BCUT2D eigenvalue weighted by molar-refractivity contribution is 6.07. The van der Waals surface area contributed by atoms with E-state index in [0.29, 0.717) is 36.3 Å². The quantitative estimate of drug-likeness (QED) is 0.704. The molecule has 0 aromatic heterocycles. The van der Waals surface area contributed by atoms with Crippen LogP contribution in [-0.2, 0) is 9.59 Å². The van der Waals surface area contributed by atoms with Gasteiger partial charge in [0.1, 0.15) is 0 Å². The summed E-state index contributed by atoms with van der Waals surface area (Å²) in [5.74, 6) is 0.0697. The largest absolute Gasteiger partial charge is 0.324 e. The zero-order chi connectivity index (χ0) is 20.9. The van der Waals surface area contributed by atoms with Crippen LogP contribution in [0.5, 0.6) is 0 Å². The van der Waals surface area contributed by atoms with Crippen molar-refractivity contribution in [2.24, 2.45) is 5.92 Å². The second-order valence-electron chi connectivity index (χ2n) is 7.71. The molecule has 0 saturated carbocycles. The highest BCUT2D eigenvalue weighted by Crippen LogP contribution is 2.26. The van der Waals surface area contributed by atoms with Gasteiger partial charge in [-0.05, 0) is 61.6 Å². The van der Waals surface area contributed by atoms with E-state index in [-0.39, 0.29) is 23.6 Å². The van der Waals surface area contributed by atoms with Crippen molar-refractivity contribution in [2.45, 2.75) is 32.1 Å². The monoisotopic (exact) mass is 403 g/mol. The third-order valence-corrected chi connectivity index (χ3v) is 5.52. The summed E-state index contributed by atoms with van der Waals surface area (Å²) < 4.78 is 0. The van der Waals surface area contributed by atoms with Crippen LogP contribution in [0.15, 0.2) is 60.7 Å². The second-order valence-corrected chi connectivity index (χ2v) is 7.71. The van der Waals surface area contributed by atoms with E-state index in [4.69, 9.17) is 0 Å². The average molecular weight is 403 g/mol. The molecule has 1 heterocycles. The van der Waals surface area contributed by atoms with Crippen LogP contribution in [0, 0.1) is 5.92 Å². The number of allylic oxidation sites excluding steroid dienone is 2. The lowest BCUT2D eigenvalue weighted by Crippen LogP contribution is -2.23. The number of nitrogens with one attached hydrogen (secondary N) is 2. The van der Waals surface area contributed by atoms with Gasteiger partial charge in [-0.1, -0.05) is 24.3 Å². The Hall–Kier alpha value is -3.41. The van der Waals surface area contributed by atoms with Gasteiger partial charge in [0.25, 0.3) is 5.91 Å². The molecular formula is C24H25N3O3. The van der Waals surface area contributed by atoms with Crippen LogP contribution >= 0.6 is 0 Å². The summed E-state index contributed by atoms with van der Waals surface area (Å²) in [6.07, 6.45) is 8.10. The Balaban J connectivity index is 1.41. The third kappa shape index (κ3) is 4.59. The van der Waals surface area contributed by atoms with Crippen molar-refractivity contribution in [1.82, 2.24) is 0 Å². The Morgan fingerprint density at radius 3 is 2.37 bits per heavy atom. The van der Waals surface area contributed by atoms with E-state index < -0.39 is 0 Å². The van der Waals surface area contributed by atoms with Crippen molar-refractivity contribution in [3.05, 3.63) is 66.2 Å². The Labute approximate surface area is 176 Å². The summed E-state index contributed by atoms with van der Waals surface area (Å²) >= 11 is 0. The van der Waals surface area contributed by atoms with Gasteiger partial charge in [0.05, 0.1) is 11.4 Å². The fourth-order valence-corrected chi connectivity index (χ4v) is 3.91. The SMILES string of the molecule is O=C(CC1C=CCC1)Nc1ccccc1NC(=O)c1ccc(N2CCCC2=O)cc1. The predicted octanol–water partition coefficient (Wildman–Crippen LogP) is 4.36. The van der Waals surface area contributed by atoms with Gasteiger partial charge in [-0.15, -0.1) is 0 Å². The lowest BCUT2D eigenvalue weighted by Gasteiger charge is -2.16. The molecule has 30 heavy (non-hydrogen) atoms. The van der Waals surface area contributed by atoms with Crippen LogP contribution < -0.4 is 15.5 Å². The number of hydrogen-bond donors (Lipinski definition) is 2. The standard InChI is InChI=1S/C24H25N3O3/c28-22(16-17-6-1-2-7-17)25-20-8-3-4-9-21(20)26-24(30)18-11-13-19(14-12-18)27-15-5-10-23(27)29/h1,3-4,6,8-9,11-14,17H,2,5,7,10,15-16H2,(H,25,28)(H,26,30). The maximum Gasteiger partial charge on any atom is 0.255 e. The van der Waals surface area contributed by atoms with Crippen molar-refractivity contribution in [3.8, 4) is 0 Å². The number of anilines is 3. The van der Waals surface area contributed by atoms with Crippen LogP contribution in [-0.4, -0.2) is 24.3 Å². The Kier molecular flexibility index (Phi) is 5.93. The van der Waals surface area contributed by atoms with Gasteiger partial charge < -0.3 is 15.5 Å². The maximum atomic E-state index is 12.7. The molecule has 0 radical (unpaired) electrons. The van der Waals surface area contributed by atoms with Gasteiger partial charge in [-0.3, -0.25) is 14.4 Å². The van der Waals surface area contributed by atoms with E-state index in [1.807, 2.05) is 12.1 Å². The highest BCUT2D eigenvalue weighted by Gasteiger charge is 2.22. The molecule has 1 unspecified atom stereocenters. The highest BCUT2D eigenvalue weighted by atomic mass is 16.2. The molecular weight excluding hydrogens is 378 g/mol. The number of amides is 3. The number of carbonyl (C=O) groups is 3. The Morgan fingerprint density at radius 2 is 1.73 bits per heavy atom. The molecule has 2 aromatic carbocycles. The first-order chi connectivity index (χ1) is 14.6. The van der Waals surface area contributed by atoms with E-state index >= 15 is 0 Å². The zero-order valence-corrected chi connectivity index (χ0v) is 16.8. The molecule has 2 aliphatic rings. The predicted molar refractivity (Wildman–Crippen MR) is 118 cm³/mol. The summed E-state index contributed by atoms with van der Waals surface area (Å²) in [4.78, 5) is 38.7. The molecule has 1 atom stereocenters. The smallest absolute Gasteiger partial charge is 0.255 e. The number of para-hydroxylation sites is 2. The molecule has 1 aliphatic carbocycles. The number of carbonyl (C=O) groups excluding carboxylic acids is 3. The first kappa shape index (κ1) is 19.9. The molecule has 1 saturated heterocycles. The maximum absolute atomic E-state index is 12.7. The van der Waals surface area contributed by atoms with E-state index in [2.05, 4.69) is 22.8 Å². The third-order valence-electron chi connectivity index (χ3n) is 5.52. The van der Waals surface area contributed by atoms with Crippen LogP contribution in [0.4, 0.5) is 17.1 Å². The van der Waals surface area contributed by atoms with Gasteiger partial charge in [0, 0.05) is 30.6 Å². The molecule has 4 rings (SSSR count). The first-order valence-electron chi connectivity index (χ1n) is 10.4. The normalized spacial score (nSPS) is 17.9. The van der Waals surface area contributed by atoms with Crippen molar-refractivity contribution >= 4 is 34.8 Å². The number of benzene rings is 2. The molecule has 154 valence electrons. The molecule has 0 spiro atoms. The van der Waals surface area contributed by atoms with Gasteiger partial charge in [0.2, 0.25) is 11.8 Å². The number of rotatable bonds is 6. The minimum atomic E-state index is -0.269. The van der Waals surface area contributed by atoms with Gasteiger partial charge >= 0.3 is 0 Å². The lowest BCUT2D eigenvalue weighted by atomic mass is 10.0. The zero-order valence-electron chi connectivity index (χ0n) is 16.8. The summed E-state index contributed by atoms with van der Waals surface area (Å²) in [7, 11) is 0. The molecule has 6 heteroatoms. The topological polar surface area (TPSA) is 78.5 Å². The molecule has 0 bridgehead atoms. The second kappa shape index (κ2) is 8.95. The Morgan fingerprint density at radius 1 is 1.00 bits per heavy atom. The average Bonchev–Trinajstić information content (AvgIpc) is 3.41. The summed E-state index contributed by atoms with van der Waals surface area (Å²) in [5.41, 5.74) is 2.43. The van der Waals surface area contributed by atoms with Crippen molar-refractivity contribution in [2.75, 3.05) is 22.1 Å². The van der Waals surface area contributed by atoms with E-state index in [9.17, 15) is 14.4 Å². The fraction of sp³-hybridized carbons (Fsp3) is 0.292.